The number of hydrazine groups is 1. The Morgan fingerprint density at radius 2 is 2.00 bits per heavy atom. The Balaban J connectivity index is 2.84. The van der Waals surface area contributed by atoms with Crippen molar-refractivity contribution in [1.29, 1.82) is 0 Å². The molecule has 0 aliphatic heterocycles. The van der Waals surface area contributed by atoms with Gasteiger partial charge in [-0.1, -0.05) is 25.1 Å². The van der Waals surface area contributed by atoms with Gasteiger partial charge in [-0.05, 0) is 12.5 Å². The second-order valence-corrected chi connectivity index (χ2v) is 3.88. The Bertz CT molecular complexity index is 385. The van der Waals surface area contributed by atoms with Crippen LogP contribution in [0.3, 0.4) is 0 Å². The highest BCUT2D eigenvalue weighted by Gasteiger charge is 2.32. The van der Waals surface area contributed by atoms with Crippen molar-refractivity contribution in [2.75, 3.05) is 13.2 Å². The lowest BCUT2D eigenvalue weighted by Crippen LogP contribution is -2.32. The van der Waals surface area contributed by atoms with Crippen molar-refractivity contribution < 1.29 is 22.6 Å². The van der Waals surface area contributed by atoms with E-state index in [9.17, 15) is 13.2 Å². The Labute approximate surface area is 109 Å². The second-order valence-electron chi connectivity index (χ2n) is 3.88. The van der Waals surface area contributed by atoms with E-state index in [1.165, 1.54) is 18.2 Å². The largest absolute Gasteiger partial charge is 0.573 e. The quantitative estimate of drug-likeness (QED) is 0.457. The molecule has 0 aliphatic rings. The van der Waals surface area contributed by atoms with Gasteiger partial charge in [0, 0.05) is 12.2 Å². The van der Waals surface area contributed by atoms with Gasteiger partial charge < -0.3 is 9.47 Å². The van der Waals surface area contributed by atoms with Crippen LogP contribution in [0.15, 0.2) is 24.3 Å². The number of ether oxygens (including phenoxy) is 2. The molecule has 0 aromatic heterocycles. The summed E-state index contributed by atoms with van der Waals surface area (Å²) in [7, 11) is 0. The number of benzene rings is 1. The van der Waals surface area contributed by atoms with E-state index in [0.29, 0.717) is 12.2 Å². The fourth-order valence-electron chi connectivity index (χ4n) is 1.56. The summed E-state index contributed by atoms with van der Waals surface area (Å²) in [5, 5.41) is 0. The predicted octanol–water partition coefficient (Wildman–Crippen LogP) is 2.52. The molecule has 0 aliphatic carbocycles. The molecule has 7 heteroatoms. The second kappa shape index (κ2) is 7.32. The summed E-state index contributed by atoms with van der Waals surface area (Å²) in [5.41, 5.74) is 2.74. The number of hydrogen-bond donors (Lipinski definition) is 2. The molecule has 1 atom stereocenters. The molecule has 108 valence electrons. The minimum absolute atomic E-state index is 0.169. The van der Waals surface area contributed by atoms with Crippen molar-refractivity contribution >= 4 is 0 Å². The summed E-state index contributed by atoms with van der Waals surface area (Å²) in [5.74, 6) is 5.07. The van der Waals surface area contributed by atoms with Crippen molar-refractivity contribution in [1.82, 2.24) is 5.43 Å². The molecule has 0 fully saturated rings. The van der Waals surface area contributed by atoms with E-state index in [-0.39, 0.29) is 12.4 Å². The molecule has 0 amide bonds. The molecule has 0 saturated heterocycles. The van der Waals surface area contributed by atoms with Gasteiger partial charge in [-0.15, -0.1) is 13.2 Å². The molecule has 19 heavy (non-hydrogen) atoms. The summed E-state index contributed by atoms with van der Waals surface area (Å²) in [6, 6.07) is 5.27. The van der Waals surface area contributed by atoms with E-state index in [1.807, 2.05) is 6.92 Å². The van der Waals surface area contributed by atoms with Crippen molar-refractivity contribution in [3.8, 4) is 5.75 Å². The predicted molar refractivity (Wildman–Crippen MR) is 64.3 cm³/mol. The van der Waals surface area contributed by atoms with Crippen LogP contribution in [0.25, 0.3) is 0 Å². The molecule has 0 radical (unpaired) electrons. The molecule has 1 aromatic carbocycles. The molecule has 0 heterocycles. The number of rotatable bonds is 7. The molecule has 0 spiro atoms. The Kier molecular flexibility index (Phi) is 6.07. The van der Waals surface area contributed by atoms with Crippen LogP contribution in [0.1, 0.15) is 24.9 Å². The number of para-hydroxylation sites is 1. The maximum Gasteiger partial charge on any atom is 0.573 e. The maximum absolute atomic E-state index is 12.3. The highest BCUT2D eigenvalue weighted by Crippen LogP contribution is 2.30. The van der Waals surface area contributed by atoms with Gasteiger partial charge in [-0.3, -0.25) is 11.3 Å². The molecule has 1 unspecified atom stereocenters. The first-order valence-electron chi connectivity index (χ1n) is 5.86. The maximum atomic E-state index is 12.3. The summed E-state index contributed by atoms with van der Waals surface area (Å²) in [6.45, 7) is 2.62. The molecule has 0 bridgehead atoms. The zero-order valence-electron chi connectivity index (χ0n) is 10.5. The molecule has 1 rings (SSSR count). The average Bonchev–Trinajstić information content (AvgIpc) is 2.34. The monoisotopic (exact) mass is 278 g/mol. The number of halogens is 3. The van der Waals surface area contributed by atoms with Gasteiger partial charge in [0.25, 0.3) is 0 Å². The number of hydrogen-bond acceptors (Lipinski definition) is 4. The number of nitrogens with one attached hydrogen (secondary N) is 1. The summed E-state index contributed by atoms with van der Waals surface area (Å²) >= 11 is 0. The molecular formula is C12H17F3N2O2. The molecule has 3 N–H and O–H groups in total. The minimum atomic E-state index is -4.74. The van der Waals surface area contributed by atoms with Crippen LogP contribution in [-0.4, -0.2) is 19.6 Å². The normalized spacial score (nSPS) is 13.3. The number of alkyl halides is 3. The lowest BCUT2D eigenvalue weighted by Gasteiger charge is -2.20. The van der Waals surface area contributed by atoms with E-state index in [0.717, 1.165) is 6.42 Å². The van der Waals surface area contributed by atoms with Crippen LogP contribution in [0.4, 0.5) is 13.2 Å². The van der Waals surface area contributed by atoms with Gasteiger partial charge in [0.05, 0.1) is 12.6 Å². The molecule has 1 aromatic rings. The van der Waals surface area contributed by atoms with Gasteiger partial charge in [-0.25, -0.2) is 0 Å². The fourth-order valence-corrected chi connectivity index (χ4v) is 1.56. The smallest absolute Gasteiger partial charge is 0.405 e. The van der Waals surface area contributed by atoms with Gasteiger partial charge in [0.1, 0.15) is 5.75 Å². The highest BCUT2D eigenvalue weighted by atomic mass is 19.4. The third kappa shape index (κ3) is 5.46. The van der Waals surface area contributed by atoms with Gasteiger partial charge in [-0.2, -0.15) is 0 Å². The van der Waals surface area contributed by atoms with Gasteiger partial charge in [0.2, 0.25) is 0 Å². The first-order chi connectivity index (χ1) is 8.98. The highest BCUT2D eigenvalue weighted by molar-refractivity contribution is 5.36. The summed E-state index contributed by atoms with van der Waals surface area (Å²) < 4.78 is 46.1. The van der Waals surface area contributed by atoms with Gasteiger partial charge in [0.15, 0.2) is 0 Å². The SMILES string of the molecule is CCCOCC(NN)c1ccccc1OC(F)(F)F. The average molecular weight is 278 g/mol. The van der Waals surface area contributed by atoms with Crippen LogP contribution in [0, 0.1) is 0 Å². The van der Waals surface area contributed by atoms with Crippen LogP contribution >= 0.6 is 0 Å². The van der Waals surface area contributed by atoms with Crippen molar-refractivity contribution in [3.63, 3.8) is 0 Å². The third-order valence-corrected chi connectivity index (χ3v) is 2.35. The Hall–Kier alpha value is -1.31. The van der Waals surface area contributed by atoms with Crippen LogP contribution in [0.5, 0.6) is 5.75 Å². The van der Waals surface area contributed by atoms with Crippen LogP contribution < -0.4 is 16.0 Å². The van der Waals surface area contributed by atoms with Crippen molar-refractivity contribution in [3.05, 3.63) is 29.8 Å². The first-order valence-corrected chi connectivity index (χ1v) is 5.86. The van der Waals surface area contributed by atoms with Gasteiger partial charge >= 0.3 is 6.36 Å². The van der Waals surface area contributed by atoms with E-state index in [4.69, 9.17) is 10.6 Å². The zero-order chi connectivity index (χ0) is 14.3. The summed E-state index contributed by atoms with van der Waals surface area (Å²) in [4.78, 5) is 0. The minimum Gasteiger partial charge on any atom is -0.405 e. The van der Waals surface area contributed by atoms with Crippen LogP contribution in [-0.2, 0) is 4.74 Å². The van der Waals surface area contributed by atoms with E-state index >= 15 is 0 Å². The first kappa shape index (κ1) is 15.7. The lowest BCUT2D eigenvalue weighted by molar-refractivity contribution is -0.275. The van der Waals surface area contributed by atoms with Crippen LogP contribution in [0.2, 0.25) is 0 Å². The number of nitrogens with two attached hydrogens (primary N) is 1. The topological polar surface area (TPSA) is 56.5 Å². The zero-order valence-corrected chi connectivity index (χ0v) is 10.5. The molecule has 4 nitrogen and oxygen atoms in total. The standard InChI is InChI=1S/C12H17F3N2O2/c1-2-7-18-8-10(17-16)9-5-3-4-6-11(9)19-12(13,14)15/h3-6,10,17H,2,7-8,16H2,1H3. The lowest BCUT2D eigenvalue weighted by atomic mass is 10.1. The van der Waals surface area contributed by atoms with Crippen molar-refractivity contribution in [2.45, 2.75) is 25.7 Å². The van der Waals surface area contributed by atoms with E-state index in [1.54, 1.807) is 6.07 Å². The molecular weight excluding hydrogens is 261 g/mol. The molecule has 0 saturated carbocycles. The van der Waals surface area contributed by atoms with Crippen molar-refractivity contribution in [2.24, 2.45) is 5.84 Å². The fraction of sp³-hybridized carbons (Fsp3) is 0.500. The Morgan fingerprint density at radius 3 is 2.58 bits per heavy atom. The van der Waals surface area contributed by atoms with E-state index in [2.05, 4.69) is 10.2 Å². The Morgan fingerprint density at radius 1 is 1.32 bits per heavy atom. The summed E-state index contributed by atoms with van der Waals surface area (Å²) in [6.07, 6.45) is -3.92. The third-order valence-electron chi connectivity index (χ3n) is 2.35. The van der Waals surface area contributed by atoms with E-state index < -0.39 is 12.4 Å².